The summed E-state index contributed by atoms with van der Waals surface area (Å²) in [5, 5.41) is 42.8. The maximum Gasteiger partial charge on any atom is 0.150 e. The van der Waals surface area contributed by atoms with E-state index in [1.54, 1.807) is 0 Å². The minimum atomic E-state index is -0.192. The van der Waals surface area contributed by atoms with Gasteiger partial charge in [0.1, 0.15) is 17.2 Å². The molecule has 0 aliphatic carbocycles. The van der Waals surface area contributed by atoms with Gasteiger partial charge in [-0.1, -0.05) is 19.8 Å². The molecule has 0 spiro atoms. The number of phenols is 4. The Balaban J connectivity index is 2.43. The Kier molecular flexibility index (Phi) is 4.08. The first-order valence-electron chi connectivity index (χ1n) is 6.69. The Bertz CT molecular complexity index is 625. The zero-order valence-corrected chi connectivity index (χ0v) is 11.3. The van der Waals surface area contributed by atoms with Gasteiger partial charge in [0.05, 0.1) is 16.5 Å². The molecule has 2 aromatic carbocycles. The number of rotatable bonds is 5. The van der Waals surface area contributed by atoms with Crippen molar-refractivity contribution in [1.29, 1.82) is 0 Å². The van der Waals surface area contributed by atoms with Gasteiger partial charge in [-0.3, -0.25) is 0 Å². The predicted molar refractivity (Wildman–Crippen MR) is 78.6 cm³/mol. The van der Waals surface area contributed by atoms with Crippen LogP contribution in [0.25, 0.3) is 10.8 Å². The lowest BCUT2D eigenvalue weighted by Gasteiger charge is -2.13. The minimum absolute atomic E-state index is 0.0432. The lowest BCUT2D eigenvalue weighted by molar-refractivity contribution is 0.448. The largest absolute Gasteiger partial charge is 0.507 e. The second-order valence-corrected chi connectivity index (χ2v) is 4.78. The fourth-order valence-corrected chi connectivity index (χ4v) is 2.22. The fourth-order valence-electron chi connectivity index (χ4n) is 2.22. The van der Waals surface area contributed by atoms with Crippen molar-refractivity contribution in [3.05, 3.63) is 18.2 Å². The van der Waals surface area contributed by atoms with Crippen molar-refractivity contribution in [1.82, 2.24) is 0 Å². The Hall–Kier alpha value is -2.30. The number of benzene rings is 2. The van der Waals surface area contributed by atoms with Crippen molar-refractivity contribution in [2.75, 3.05) is 11.9 Å². The number of nitrogens with one attached hydrogen (secondary N) is 1. The summed E-state index contributed by atoms with van der Waals surface area (Å²) in [6, 6.07) is 3.89. The first-order valence-corrected chi connectivity index (χ1v) is 6.69. The van der Waals surface area contributed by atoms with E-state index in [-0.39, 0.29) is 33.8 Å². The van der Waals surface area contributed by atoms with Gasteiger partial charge in [0, 0.05) is 12.6 Å². The van der Waals surface area contributed by atoms with E-state index in [4.69, 9.17) is 0 Å². The highest BCUT2D eigenvalue weighted by molar-refractivity contribution is 6.04. The van der Waals surface area contributed by atoms with E-state index in [2.05, 4.69) is 12.2 Å². The van der Waals surface area contributed by atoms with Gasteiger partial charge in [-0.15, -0.1) is 0 Å². The van der Waals surface area contributed by atoms with Gasteiger partial charge >= 0.3 is 0 Å². The third kappa shape index (κ3) is 2.52. The molecule has 0 amide bonds. The summed E-state index contributed by atoms with van der Waals surface area (Å²) in [7, 11) is 0. The van der Waals surface area contributed by atoms with Gasteiger partial charge in [0.25, 0.3) is 0 Å². The molecular formula is C15H19NO4. The molecule has 5 heteroatoms. The lowest BCUT2D eigenvalue weighted by Crippen LogP contribution is -2.01. The maximum absolute atomic E-state index is 10.2. The molecule has 0 radical (unpaired) electrons. The summed E-state index contributed by atoms with van der Waals surface area (Å²) in [6.45, 7) is 2.76. The van der Waals surface area contributed by atoms with Crippen LogP contribution in [0.4, 0.5) is 5.69 Å². The number of anilines is 1. The van der Waals surface area contributed by atoms with Gasteiger partial charge < -0.3 is 25.7 Å². The predicted octanol–water partition coefficient (Wildman–Crippen LogP) is 3.26. The molecule has 0 atom stereocenters. The molecule has 2 aromatic rings. The third-order valence-corrected chi connectivity index (χ3v) is 3.29. The van der Waals surface area contributed by atoms with Gasteiger partial charge in [0.15, 0.2) is 5.75 Å². The van der Waals surface area contributed by atoms with Gasteiger partial charge in [-0.2, -0.15) is 0 Å². The van der Waals surface area contributed by atoms with Crippen molar-refractivity contribution in [3.63, 3.8) is 0 Å². The Morgan fingerprint density at radius 3 is 2.20 bits per heavy atom. The molecule has 5 nitrogen and oxygen atoms in total. The number of phenolic OH excluding ortho intramolecular Hbond substituents is 4. The minimum Gasteiger partial charge on any atom is -0.507 e. The first-order chi connectivity index (χ1) is 9.56. The number of hydrogen-bond acceptors (Lipinski definition) is 5. The van der Waals surface area contributed by atoms with Gasteiger partial charge in [0.2, 0.25) is 0 Å². The van der Waals surface area contributed by atoms with Crippen LogP contribution >= 0.6 is 0 Å². The van der Waals surface area contributed by atoms with E-state index in [9.17, 15) is 20.4 Å². The average molecular weight is 277 g/mol. The molecule has 5 N–H and O–H groups in total. The molecule has 0 unspecified atom stereocenters. The van der Waals surface area contributed by atoms with E-state index in [0.29, 0.717) is 12.2 Å². The molecule has 0 heterocycles. The van der Waals surface area contributed by atoms with Crippen LogP contribution in [0, 0.1) is 0 Å². The summed E-state index contributed by atoms with van der Waals surface area (Å²) in [5.41, 5.74) is 0.340. The molecule has 2 rings (SSSR count). The van der Waals surface area contributed by atoms with E-state index in [0.717, 1.165) is 19.3 Å². The molecule has 0 saturated carbocycles. The molecule has 0 fully saturated rings. The third-order valence-electron chi connectivity index (χ3n) is 3.29. The zero-order valence-electron chi connectivity index (χ0n) is 11.3. The van der Waals surface area contributed by atoms with E-state index in [1.807, 2.05) is 0 Å². The summed E-state index contributed by atoms with van der Waals surface area (Å²) in [4.78, 5) is 0. The van der Waals surface area contributed by atoms with Crippen LogP contribution < -0.4 is 5.32 Å². The number of unbranched alkanes of at least 4 members (excludes halogenated alkanes) is 2. The second kappa shape index (κ2) is 5.77. The van der Waals surface area contributed by atoms with Crippen molar-refractivity contribution in [3.8, 4) is 23.0 Å². The van der Waals surface area contributed by atoms with Crippen LogP contribution in [0.3, 0.4) is 0 Å². The molecule has 0 saturated heterocycles. The Labute approximate surface area is 117 Å². The zero-order chi connectivity index (χ0) is 14.7. The number of fused-ring (bicyclic) bond motifs is 1. The van der Waals surface area contributed by atoms with Crippen LogP contribution in [0.15, 0.2) is 18.2 Å². The quantitative estimate of drug-likeness (QED) is 0.328. The summed E-state index contributed by atoms with van der Waals surface area (Å²) < 4.78 is 0. The van der Waals surface area contributed by atoms with Crippen LogP contribution in [0.5, 0.6) is 23.0 Å². The van der Waals surface area contributed by atoms with E-state index < -0.39 is 0 Å². The highest BCUT2D eigenvalue weighted by Gasteiger charge is 2.17. The smallest absolute Gasteiger partial charge is 0.150 e. The number of hydrogen-bond donors (Lipinski definition) is 5. The van der Waals surface area contributed by atoms with Crippen LogP contribution in [0.1, 0.15) is 26.2 Å². The lowest BCUT2D eigenvalue weighted by atomic mass is 10.0. The Morgan fingerprint density at radius 1 is 0.900 bits per heavy atom. The highest BCUT2D eigenvalue weighted by atomic mass is 16.3. The molecule has 0 bridgehead atoms. The number of aromatic hydroxyl groups is 4. The molecule has 0 aliphatic rings. The average Bonchev–Trinajstić information content (AvgIpc) is 2.42. The first kappa shape index (κ1) is 14.1. The molecular weight excluding hydrogens is 258 g/mol. The topological polar surface area (TPSA) is 93.0 Å². The SMILES string of the molecule is CCCCCNc1cc(O)c2c(O)ccc(O)c2c1O. The van der Waals surface area contributed by atoms with Crippen molar-refractivity contribution in [2.24, 2.45) is 0 Å². The standard InChI is InChI=1S/C15H19NO4/c1-2-3-4-7-16-9-8-12(19)13-10(17)5-6-11(18)14(13)15(9)20/h5-6,8,16-20H,2-4,7H2,1H3. The highest BCUT2D eigenvalue weighted by Crippen LogP contribution is 2.46. The monoisotopic (exact) mass is 277 g/mol. The summed E-state index contributed by atoms with van der Waals surface area (Å²) in [6.07, 6.45) is 3.10. The normalized spacial score (nSPS) is 10.8. The van der Waals surface area contributed by atoms with Crippen molar-refractivity contribution >= 4 is 16.5 Å². The van der Waals surface area contributed by atoms with Crippen LogP contribution in [-0.4, -0.2) is 27.0 Å². The van der Waals surface area contributed by atoms with E-state index >= 15 is 0 Å². The van der Waals surface area contributed by atoms with Crippen molar-refractivity contribution in [2.45, 2.75) is 26.2 Å². The molecule has 0 aliphatic heterocycles. The second-order valence-electron chi connectivity index (χ2n) is 4.78. The van der Waals surface area contributed by atoms with E-state index in [1.165, 1.54) is 18.2 Å². The van der Waals surface area contributed by atoms with Gasteiger partial charge in [-0.05, 0) is 18.6 Å². The maximum atomic E-state index is 10.2. The van der Waals surface area contributed by atoms with Crippen molar-refractivity contribution < 1.29 is 20.4 Å². The summed E-state index contributed by atoms with van der Waals surface area (Å²) in [5.74, 6) is -0.752. The van der Waals surface area contributed by atoms with Crippen LogP contribution in [-0.2, 0) is 0 Å². The van der Waals surface area contributed by atoms with Crippen LogP contribution in [0.2, 0.25) is 0 Å². The summed E-state index contributed by atoms with van der Waals surface area (Å²) >= 11 is 0. The molecule has 20 heavy (non-hydrogen) atoms. The van der Waals surface area contributed by atoms with Gasteiger partial charge in [-0.25, -0.2) is 0 Å². The Morgan fingerprint density at radius 2 is 1.55 bits per heavy atom. The molecule has 108 valence electrons. The molecule has 0 aromatic heterocycles. The fraction of sp³-hybridized carbons (Fsp3) is 0.333.